The highest BCUT2D eigenvalue weighted by atomic mass is 35.5. The average Bonchev–Trinajstić information content (AvgIpc) is 2.99. The molecule has 0 unspecified atom stereocenters. The van der Waals surface area contributed by atoms with Gasteiger partial charge in [0.25, 0.3) is 0 Å². The number of rotatable bonds is 4. The van der Waals surface area contributed by atoms with Gasteiger partial charge in [-0.25, -0.2) is 8.78 Å². The summed E-state index contributed by atoms with van der Waals surface area (Å²) >= 11 is 6.62. The molecule has 0 aromatic heterocycles. The van der Waals surface area contributed by atoms with Crippen molar-refractivity contribution in [2.45, 2.75) is 76.4 Å². The number of fused-ring (bicyclic) bond motifs is 5. The van der Waals surface area contributed by atoms with Crippen molar-refractivity contribution >= 4 is 35.1 Å². The van der Waals surface area contributed by atoms with Gasteiger partial charge in [-0.3, -0.25) is 19.2 Å². The van der Waals surface area contributed by atoms with E-state index in [1.165, 1.54) is 13.0 Å². The lowest BCUT2D eigenvalue weighted by Crippen LogP contribution is -2.73. The van der Waals surface area contributed by atoms with Crippen molar-refractivity contribution in [2.75, 3.05) is 6.61 Å². The lowest BCUT2D eigenvalue weighted by molar-refractivity contribution is -0.230. The van der Waals surface area contributed by atoms with Crippen molar-refractivity contribution in [1.29, 1.82) is 0 Å². The standard InChI is InChI=1S/C26H31ClF2O7/c1-12-8-16-20-21(27)22(28)17-9-15(32)6-7-23(17,4)25(20,29)18(33)10-24(16,5)26(12,36-14(3)31)19(34)11-35-13(2)30/h6-7,9,12,16,18,20-22,33H,8,10-11H2,1-5H3/t12-,16-,18-,20+,21-,22-,23-,24-,25+,26+/m0/s1. The number of Topliss-reactive ketones (excluding diaryl/α,β-unsaturated/α-hetero) is 1. The lowest BCUT2D eigenvalue weighted by Gasteiger charge is -2.64. The smallest absolute Gasteiger partial charge is 0.303 e. The normalized spacial score (nSPS) is 47.2. The molecule has 4 rings (SSSR count). The number of halogens is 3. The summed E-state index contributed by atoms with van der Waals surface area (Å²) < 4.78 is 43.9. The maximum absolute atomic E-state index is 17.4. The van der Waals surface area contributed by atoms with E-state index in [2.05, 4.69) is 0 Å². The molecule has 0 heterocycles. The number of aliphatic hydroxyl groups excluding tert-OH is 1. The summed E-state index contributed by atoms with van der Waals surface area (Å²) in [7, 11) is 0. The highest BCUT2D eigenvalue weighted by molar-refractivity contribution is 6.22. The first-order valence-corrected chi connectivity index (χ1v) is 12.5. The second-order valence-corrected chi connectivity index (χ2v) is 11.6. The number of hydrogen-bond donors (Lipinski definition) is 1. The van der Waals surface area contributed by atoms with E-state index in [0.717, 1.165) is 26.0 Å². The van der Waals surface area contributed by atoms with Crippen molar-refractivity contribution in [3.63, 3.8) is 0 Å². The van der Waals surface area contributed by atoms with Crippen LogP contribution in [-0.4, -0.2) is 64.1 Å². The fourth-order valence-electron chi connectivity index (χ4n) is 7.84. The Hall–Kier alpha value is -2.13. The Balaban J connectivity index is 1.89. The maximum Gasteiger partial charge on any atom is 0.303 e. The molecule has 10 heteroatoms. The van der Waals surface area contributed by atoms with Crippen molar-refractivity contribution in [2.24, 2.45) is 28.6 Å². The minimum absolute atomic E-state index is 0.125. The summed E-state index contributed by atoms with van der Waals surface area (Å²) in [5.74, 6) is -5.42. The van der Waals surface area contributed by atoms with Gasteiger partial charge in [0.1, 0.15) is 6.17 Å². The third-order valence-electron chi connectivity index (χ3n) is 9.31. The molecule has 3 saturated carbocycles. The molecule has 198 valence electrons. The Morgan fingerprint density at radius 2 is 1.86 bits per heavy atom. The molecule has 0 radical (unpaired) electrons. The van der Waals surface area contributed by atoms with Crippen LogP contribution >= 0.6 is 11.6 Å². The summed E-state index contributed by atoms with van der Waals surface area (Å²) in [4.78, 5) is 49.3. The molecule has 0 aromatic rings. The van der Waals surface area contributed by atoms with Gasteiger partial charge in [0, 0.05) is 36.5 Å². The summed E-state index contributed by atoms with van der Waals surface area (Å²) in [6.07, 6.45) is -0.294. The molecule has 10 atom stereocenters. The third kappa shape index (κ3) is 3.24. The number of aliphatic hydroxyl groups is 1. The van der Waals surface area contributed by atoms with Gasteiger partial charge in [-0.2, -0.15) is 0 Å². The Labute approximate surface area is 213 Å². The SMILES string of the molecule is CC(=O)OCC(=O)[C@]1(OC(C)=O)[C@@H](C)C[C@H]2[C@@H]3[C@H](Cl)[C@@H](F)C4=CC(=O)C=C[C@]4(C)[C@@]3(F)[C@@H](O)C[C@@]21C. The van der Waals surface area contributed by atoms with Gasteiger partial charge in [-0.1, -0.05) is 19.9 Å². The molecular formula is C26H31ClF2O7. The molecule has 0 saturated heterocycles. The summed E-state index contributed by atoms with van der Waals surface area (Å²) in [6, 6.07) is 0. The second kappa shape index (κ2) is 8.45. The number of ketones is 2. The quantitative estimate of drug-likeness (QED) is 0.441. The molecule has 4 aliphatic carbocycles. The maximum atomic E-state index is 17.4. The third-order valence-corrected chi connectivity index (χ3v) is 9.80. The molecule has 0 spiro atoms. The van der Waals surface area contributed by atoms with Crippen LogP contribution in [0.2, 0.25) is 0 Å². The number of hydrogen-bond acceptors (Lipinski definition) is 7. The van der Waals surface area contributed by atoms with Gasteiger partial charge in [0.2, 0.25) is 5.78 Å². The van der Waals surface area contributed by atoms with Gasteiger partial charge in [0.15, 0.2) is 23.7 Å². The van der Waals surface area contributed by atoms with Crippen molar-refractivity contribution < 1.29 is 42.5 Å². The van der Waals surface area contributed by atoms with Gasteiger partial charge in [-0.15, -0.1) is 11.6 Å². The number of esters is 2. The van der Waals surface area contributed by atoms with E-state index in [0.29, 0.717) is 0 Å². The van der Waals surface area contributed by atoms with E-state index >= 15 is 8.78 Å². The van der Waals surface area contributed by atoms with Crippen molar-refractivity contribution in [3.05, 3.63) is 23.8 Å². The molecule has 3 fully saturated rings. The van der Waals surface area contributed by atoms with Crippen molar-refractivity contribution in [1.82, 2.24) is 0 Å². The highest BCUT2D eigenvalue weighted by Gasteiger charge is 2.79. The van der Waals surface area contributed by atoms with Crippen LogP contribution in [0.4, 0.5) is 8.78 Å². The van der Waals surface area contributed by atoms with Crippen LogP contribution in [0.3, 0.4) is 0 Å². The first-order chi connectivity index (χ1) is 16.6. The van der Waals surface area contributed by atoms with Crippen LogP contribution in [0.15, 0.2) is 23.8 Å². The van der Waals surface area contributed by atoms with Crippen LogP contribution in [0.25, 0.3) is 0 Å². The van der Waals surface area contributed by atoms with E-state index in [1.54, 1.807) is 13.8 Å². The molecule has 7 nitrogen and oxygen atoms in total. The molecule has 0 amide bonds. The van der Waals surface area contributed by atoms with Crippen molar-refractivity contribution in [3.8, 4) is 0 Å². The first kappa shape index (κ1) is 26.9. The highest BCUT2D eigenvalue weighted by Crippen LogP contribution is 2.72. The number of carbonyl (C=O) groups excluding carboxylic acids is 4. The zero-order valence-corrected chi connectivity index (χ0v) is 21.6. The number of ether oxygens (including phenoxy) is 2. The van der Waals surface area contributed by atoms with Crippen LogP contribution in [0.1, 0.15) is 47.5 Å². The molecule has 4 aliphatic rings. The summed E-state index contributed by atoms with van der Waals surface area (Å²) in [5, 5.41) is 10.0. The van der Waals surface area contributed by atoms with Gasteiger partial charge >= 0.3 is 11.9 Å². The van der Waals surface area contributed by atoms with Crippen LogP contribution in [0.5, 0.6) is 0 Å². The fourth-order valence-corrected chi connectivity index (χ4v) is 8.33. The zero-order chi connectivity index (χ0) is 27.0. The Morgan fingerprint density at radius 1 is 1.22 bits per heavy atom. The number of alkyl halides is 3. The van der Waals surface area contributed by atoms with Gasteiger partial charge < -0.3 is 14.6 Å². The summed E-state index contributed by atoms with van der Waals surface area (Å²) in [6.45, 7) is 6.31. The number of allylic oxidation sites excluding steroid dienone is 4. The van der Waals surface area contributed by atoms with E-state index < -0.39 is 87.6 Å². The Morgan fingerprint density at radius 3 is 2.44 bits per heavy atom. The molecular weight excluding hydrogens is 498 g/mol. The van der Waals surface area contributed by atoms with E-state index in [-0.39, 0.29) is 18.4 Å². The first-order valence-electron chi connectivity index (χ1n) is 12.0. The monoisotopic (exact) mass is 528 g/mol. The van der Waals surface area contributed by atoms with E-state index in [1.807, 2.05) is 0 Å². The zero-order valence-electron chi connectivity index (χ0n) is 20.8. The average molecular weight is 529 g/mol. The minimum atomic E-state index is -2.47. The predicted octanol–water partition coefficient (Wildman–Crippen LogP) is 3.20. The molecule has 1 N–H and O–H groups in total. The molecule has 0 aliphatic heterocycles. The predicted molar refractivity (Wildman–Crippen MR) is 124 cm³/mol. The van der Waals surface area contributed by atoms with Crippen LogP contribution in [0, 0.1) is 28.6 Å². The molecule has 0 aromatic carbocycles. The minimum Gasteiger partial charge on any atom is -0.458 e. The fraction of sp³-hybridized carbons (Fsp3) is 0.692. The lowest BCUT2D eigenvalue weighted by atomic mass is 9.44. The van der Waals surface area contributed by atoms with E-state index in [4.69, 9.17) is 21.1 Å². The summed E-state index contributed by atoms with van der Waals surface area (Å²) in [5.41, 5.74) is -7.47. The largest absolute Gasteiger partial charge is 0.458 e. The van der Waals surface area contributed by atoms with Gasteiger partial charge in [-0.05, 0) is 43.4 Å². The van der Waals surface area contributed by atoms with E-state index in [9.17, 15) is 24.3 Å². The Kier molecular flexibility index (Phi) is 6.32. The van der Waals surface area contributed by atoms with Crippen LogP contribution in [-0.2, 0) is 28.7 Å². The second-order valence-electron chi connectivity index (χ2n) is 11.1. The molecule has 0 bridgehead atoms. The molecule has 36 heavy (non-hydrogen) atoms. The van der Waals surface area contributed by atoms with Gasteiger partial charge in [0.05, 0.1) is 11.5 Å². The number of carbonyl (C=O) groups is 4. The van der Waals surface area contributed by atoms with Crippen LogP contribution < -0.4 is 0 Å². The topological polar surface area (TPSA) is 107 Å². The Bertz CT molecular complexity index is 1090.